The molecule has 0 fully saturated rings. The largest absolute Gasteiger partial charge is 0.479 e. The average molecular weight is 313 g/mol. The Morgan fingerprint density at radius 1 is 1.29 bits per heavy atom. The van der Waals surface area contributed by atoms with E-state index in [4.69, 9.17) is 4.74 Å². The molecule has 1 aromatic rings. The first-order valence-electron chi connectivity index (χ1n) is 6.83. The summed E-state index contributed by atoms with van der Waals surface area (Å²) in [5.74, 6) is -1.06. The lowest BCUT2D eigenvalue weighted by Crippen LogP contribution is -2.45. The maximum absolute atomic E-state index is 12.4. The standard InChI is InChI=1S/C15H23NO4S/c1-9(2)16(14(19)20-15(4,5)6)12(13(17)18)11-8-7-10(3)21-11/h7-9,12H,1-6H3,(H,17,18). The lowest BCUT2D eigenvalue weighted by atomic mass is 10.1. The maximum atomic E-state index is 12.4. The van der Waals surface area contributed by atoms with Crippen molar-refractivity contribution in [2.75, 3.05) is 0 Å². The quantitative estimate of drug-likeness (QED) is 0.917. The second kappa shape index (κ2) is 6.47. The zero-order valence-electron chi connectivity index (χ0n) is 13.3. The Morgan fingerprint density at radius 3 is 2.19 bits per heavy atom. The van der Waals surface area contributed by atoms with E-state index >= 15 is 0 Å². The lowest BCUT2D eigenvalue weighted by Gasteiger charge is -2.33. The fourth-order valence-electron chi connectivity index (χ4n) is 1.91. The van der Waals surface area contributed by atoms with E-state index in [1.807, 2.05) is 13.0 Å². The van der Waals surface area contributed by atoms with Gasteiger partial charge in [-0.1, -0.05) is 0 Å². The predicted molar refractivity (Wildman–Crippen MR) is 82.6 cm³/mol. The molecule has 1 atom stereocenters. The molecule has 0 aliphatic carbocycles. The van der Waals surface area contributed by atoms with Crippen LogP contribution in [0.25, 0.3) is 0 Å². The number of carboxylic acids is 1. The third kappa shape index (κ3) is 4.74. The smallest absolute Gasteiger partial charge is 0.411 e. The Labute approximate surface area is 129 Å². The fraction of sp³-hybridized carbons (Fsp3) is 0.600. The van der Waals surface area contributed by atoms with Crippen LogP contribution in [0.15, 0.2) is 12.1 Å². The highest BCUT2D eigenvalue weighted by molar-refractivity contribution is 7.12. The number of hydrogen-bond donors (Lipinski definition) is 1. The summed E-state index contributed by atoms with van der Waals surface area (Å²) in [5.41, 5.74) is -0.668. The minimum absolute atomic E-state index is 0.289. The molecule has 1 aromatic heterocycles. The molecule has 1 N–H and O–H groups in total. The van der Waals surface area contributed by atoms with E-state index in [0.717, 1.165) is 4.88 Å². The molecule has 6 heteroatoms. The van der Waals surface area contributed by atoms with E-state index < -0.39 is 23.7 Å². The van der Waals surface area contributed by atoms with E-state index in [-0.39, 0.29) is 6.04 Å². The van der Waals surface area contributed by atoms with E-state index in [1.54, 1.807) is 40.7 Å². The number of carboxylic acid groups (broad SMARTS) is 1. The molecule has 5 nitrogen and oxygen atoms in total. The van der Waals surface area contributed by atoms with Crippen LogP contribution in [0.3, 0.4) is 0 Å². The summed E-state index contributed by atoms with van der Waals surface area (Å²) in [6, 6.07) is 2.28. The Morgan fingerprint density at radius 2 is 1.86 bits per heavy atom. The van der Waals surface area contributed by atoms with Crippen molar-refractivity contribution in [2.24, 2.45) is 0 Å². The van der Waals surface area contributed by atoms with Crippen molar-refractivity contribution in [1.82, 2.24) is 4.90 Å². The summed E-state index contributed by atoms with van der Waals surface area (Å²) in [6.45, 7) is 10.7. The van der Waals surface area contributed by atoms with Gasteiger partial charge in [0.15, 0.2) is 6.04 Å². The molecule has 1 rings (SSSR count). The van der Waals surface area contributed by atoms with Crippen LogP contribution in [-0.2, 0) is 9.53 Å². The van der Waals surface area contributed by atoms with Crippen LogP contribution in [0, 0.1) is 6.92 Å². The van der Waals surface area contributed by atoms with Gasteiger partial charge in [-0.3, -0.25) is 4.90 Å². The fourth-order valence-corrected chi connectivity index (χ4v) is 2.88. The second-order valence-corrected chi connectivity index (χ2v) is 7.49. The monoisotopic (exact) mass is 313 g/mol. The van der Waals surface area contributed by atoms with Gasteiger partial charge in [-0.15, -0.1) is 11.3 Å². The number of ether oxygens (including phenoxy) is 1. The molecule has 0 aliphatic rings. The van der Waals surface area contributed by atoms with Crippen molar-refractivity contribution in [3.8, 4) is 0 Å². The van der Waals surface area contributed by atoms with Crippen LogP contribution < -0.4 is 0 Å². The topological polar surface area (TPSA) is 66.8 Å². The Bertz CT molecular complexity index is 516. The molecule has 0 aliphatic heterocycles. The Kier molecular flexibility index (Phi) is 5.39. The molecule has 0 saturated heterocycles. The van der Waals surface area contributed by atoms with Crippen molar-refractivity contribution in [3.63, 3.8) is 0 Å². The van der Waals surface area contributed by atoms with E-state index in [2.05, 4.69) is 0 Å². The second-order valence-electron chi connectivity index (χ2n) is 6.17. The normalized spacial score (nSPS) is 13.1. The molecule has 0 saturated carbocycles. The molecule has 0 bridgehead atoms. The molecule has 0 aromatic carbocycles. The van der Waals surface area contributed by atoms with Gasteiger partial charge in [0.05, 0.1) is 0 Å². The summed E-state index contributed by atoms with van der Waals surface area (Å²) >= 11 is 1.38. The molecular weight excluding hydrogens is 290 g/mol. The number of carbonyl (C=O) groups is 2. The zero-order valence-corrected chi connectivity index (χ0v) is 14.2. The maximum Gasteiger partial charge on any atom is 0.411 e. The molecule has 1 unspecified atom stereocenters. The van der Waals surface area contributed by atoms with Crippen molar-refractivity contribution < 1.29 is 19.4 Å². The average Bonchev–Trinajstić information content (AvgIpc) is 2.68. The van der Waals surface area contributed by atoms with Gasteiger partial charge in [0.1, 0.15) is 5.60 Å². The van der Waals surface area contributed by atoms with Gasteiger partial charge in [0.25, 0.3) is 0 Å². The molecule has 1 amide bonds. The van der Waals surface area contributed by atoms with Gasteiger partial charge in [0, 0.05) is 15.8 Å². The first-order chi connectivity index (χ1) is 9.53. The van der Waals surface area contributed by atoms with Crippen molar-refractivity contribution in [2.45, 2.75) is 59.2 Å². The van der Waals surface area contributed by atoms with E-state index in [1.165, 1.54) is 16.2 Å². The summed E-state index contributed by atoms with van der Waals surface area (Å²) in [5, 5.41) is 9.56. The number of carbonyl (C=O) groups excluding carboxylic acids is 1. The Hall–Kier alpha value is -1.56. The van der Waals surface area contributed by atoms with Gasteiger partial charge < -0.3 is 9.84 Å². The minimum atomic E-state index is -1.06. The van der Waals surface area contributed by atoms with E-state index in [9.17, 15) is 14.7 Å². The lowest BCUT2D eigenvalue weighted by molar-refractivity contribution is -0.144. The van der Waals surface area contributed by atoms with Crippen molar-refractivity contribution in [1.29, 1.82) is 0 Å². The molecule has 118 valence electrons. The van der Waals surface area contributed by atoms with Crippen LogP contribution >= 0.6 is 11.3 Å². The van der Waals surface area contributed by atoms with Crippen molar-refractivity contribution >= 4 is 23.4 Å². The number of rotatable bonds is 4. The Balaban J connectivity index is 3.16. The van der Waals surface area contributed by atoms with E-state index in [0.29, 0.717) is 4.88 Å². The highest BCUT2D eigenvalue weighted by Gasteiger charge is 2.36. The van der Waals surface area contributed by atoms with Crippen LogP contribution in [0.1, 0.15) is 50.4 Å². The van der Waals surface area contributed by atoms with Crippen LogP contribution in [-0.4, -0.2) is 33.7 Å². The summed E-state index contributed by atoms with van der Waals surface area (Å²) in [4.78, 5) is 27.0. The number of aliphatic carboxylic acids is 1. The number of hydrogen-bond acceptors (Lipinski definition) is 4. The first-order valence-corrected chi connectivity index (χ1v) is 7.65. The van der Waals surface area contributed by atoms with Crippen LogP contribution in [0.4, 0.5) is 4.79 Å². The van der Waals surface area contributed by atoms with Gasteiger partial charge in [-0.2, -0.15) is 0 Å². The van der Waals surface area contributed by atoms with Crippen molar-refractivity contribution in [3.05, 3.63) is 21.9 Å². The number of amides is 1. The predicted octanol–water partition coefficient (Wildman–Crippen LogP) is 3.83. The summed E-state index contributed by atoms with van der Waals surface area (Å²) in [7, 11) is 0. The first kappa shape index (κ1) is 17.5. The summed E-state index contributed by atoms with van der Waals surface area (Å²) < 4.78 is 5.35. The SMILES string of the molecule is Cc1ccc(C(C(=O)O)N(C(=O)OC(C)(C)C)C(C)C)s1. The summed E-state index contributed by atoms with van der Waals surface area (Å²) in [6.07, 6.45) is -0.615. The molecule has 0 radical (unpaired) electrons. The number of nitrogens with zero attached hydrogens (tertiary/aromatic N) is 1. The van der Waals surface area contributed by atoms with Gasteiger partial charge >= 0.3 is 12.1 Å². The third-order valence-corrected chi connectivity index (χ3v) is 3.76. The molecular formula is C15H23NO4S. The molecule has 1 heterocycles. The minimum Gasteiger partial charge on any atom is -0.479 e. The van der Waals surface area contributed by atoms with Gasteiger partial charge in [-0.05, 0) is 53.7 Å². The number of aryl methyl sites for hydroxylation is 1. The third-order valence-electron chi connectivity index (χ3n) is 2.70. The zero-order chi connectivity index (χ0) is 16.4. The van der Waals surface area contributed by atoms with Gasteiger partial charge in [-0.25, -0.2) is 9.59 Å². The molecule has 0 spiro atoms. The number of thiophene rings is 1. The van der Waals surface area contributed by atoms with Crippen LogP contribution in [0.5, 0.6) is 0 Å². The van der Waals surface area contributed by atoms with Gasteiger partial charge in [0.2, 0.25) is 0 Å². The highest BCUT2D eigenvalue weighted by atomic mass is 32.1. The van der Waals surface area contributed by atoms with Crippen LogP contribution in [0.2, 0.25) is 0 Å². The molecule has 21 heavy (non-hydrogen) atoms. The highest BCUT2D eigenvalue weighted by Crippen LogP contribution is 2.30.